The number of nitrogens with one attached hydrogen (secondary N) is 1. The maximum absolute atomic E-state index is 3.79. The molecule has 15 heavy (non-hydrogen) atoms. The van der Waals surface area contributed by atoms with Gasteiger partial charge in [-0.05, 0) is 55.9 Å². The van der Waals surface area contributed by atoms with Gasteiger partial charge in [-0.3, -0.25) is 0 Å². The smallest absolute Gasteiger partial charge is 0.00673 e. The molecule has 0 bridgehead atoms. The lowest BCUT2D eigenvalue weighted by Gasteiger charge is -2.22. The van der Waals surface area contributed by atoms with Gasteiger partial charge in [0.15, 0.2) is 0 Å². The molecule has 2 saturated carbocycles. The van der Waals surface area contributed by atoms with Crippen LogP contribution in [0.1, 0.15) is 59.3 Å². The van der Waals surface area contributed by atoms with E-state index < -0.39 is 0 Å². The van der Waals surface area contributed by atoms with Crippen molar-refractivity contribution < 1.29 is 0 Å². The summed E-state index contributed by atoms with van der Waals surface area (Å²) in [6, 6.07) is 0.819. The molecule has 0 aromatic carbocycles. The minimum Gasteiger partial charge on any atom is -0.314 e. The summed E-state index contributed by atoms with van der Waals surface area (Å²) < 4.78 is 0. The highest BCUT2D eigenvalue weighted by atomic mass is 14.9. The van der Waals surface area contributed by atoms with E-state index in [0.717, 1.165) is 17.9 Å². The highest BCUT2D eigenvalue weighted by Crippen LogP contribution is 2.38. The second-order valence-corrected chi connectivity index (χ2v) is 6.67. The molecule has 0 saturated heterocycles. The lowest BCUT2D eigenvalue weighted by Crippen LogP contribution is -2.30. The van der Waals surface area contributed by atoms with E-state index in [0.29, 0.717) is 5.41 Å². The van der Waals surface area contributed by atoms with Gasteiger partial charge in [-0.25, -0.2) is 0 Å². The average Bonchev–Trinajstić information content (AvgIpc) is 2.87. The zero-order valence-corrected chi connectivity index (χ0v) is 10.7. The van der Waals surface area contributed by atoms with Gasteiger partial charge >= 0.3 is 0 Å². The van der Waals surface area contributed by atoms with Crippen LogP contribution in [0.2, 0.25) is 0 Å². The molecule has 0 radical (unpaired) electrons. The van der Waals surface area contributed by atoms with Crippen LogP contribution in [-0.2, 0) is 0 Å². The molecule has 2 aliphatic carbocycles. The lowest BCUT2D eigenvalue weighted by atomic mass is 9.85. The van der Waals surface area contributed by atoms with Crippen LogP contribution in [0.25, 0.3) is 0 Å². The molecule has 1 N–H and O–H groups in total. The Kier molecular flexibility index (Phi) is 3.39. The van der Waals surface area contributed by atoms with E-state index in [-0.39, 0.29) is 0 Å². The zero-order chi connectivity index (χ0) is 10.9. The van der Waals surface area contributed by atoms with Crippen LogP contribution < -0.4 is 5.32 Å². The van der Waals surface area contributed by atoms with Crippen LogP contribution in [-0.4, -0.2) is 12.6 Å². The van der Waals surface area contributed by atoms with Crippen LogP contribution in [0.5, 0.6) is 0 Å². The van der Waals surface area contributed by atoms with Crippen molar-refractivity contribution >= 4 is 0 Å². The Morgan fingerprint density at radius 2 is 1.93 bits per heavy atom. The van der Waals surface area contributed by atoms with Crippen molar-refractivity contribution in [3.05, 3.63) is 0 Å². The molecule has 2 aliphatic rings. The molecule has 0 amide bonds. The third-order valence-corrected chi connectivity index (χ3v) is 4.52. The average molecular weight is 209 g/mol. The van der Waals surface area contributed by atoms with Crippen LogP contribution >= 0.6 is 0 Å². The first-order valence-electron chi connectivity index (χ1n) is 6.80. The fraction of sp³-hybridized carbons (Fsp3) is 1.00. The molecule has 88 valence electrons. The molecule has 2 rings (SSSR count). The predicted octanol–water partition coefficient (Wildman–Crippen LogP) is 3.59. The third kappa shape index (κ3) is 3.48. The van der Waals surface area contributed by atoms with Crippen LogP contribution in [0.4, 0.5) is 0 Å². The van der Waals surface area contributed by atoms with E-state index in [1.54, 1.807) is 0 Å². The fourth-order valence-electron chi connectivity index (χ4n) is 2.87. The Balaban J connectivity index is 1.69. The lowest BCUT2D eigenvalue weighted by molar-refractivity contribution is 0.309. The van der Waals surface area contributed by atoms with Gasteiger partial charge in [-0.15, -0.1) is 0 Å². The van der Waals surface area contributed by atoms with Gasteiger partial charge < -0.3 is 5.32 Å². The Bertz CT molecular complexity index is 209. The molecule has 2 fully saturated rings. The fourth-order valence-corrected chi connectivity index (χ4v) is 2.87. The van der Waals surface area contributed by atoms with Crippen LogP contribution in [0.3, 0.4) is 0 Å². The molecule has 0 aromatic rings. The first-order valence-corrected chi connectivity index (χ1v) is 6.80. The molecule has 0 spiro atoms. The van der Waals surface area contributed by atoms with Gasteiger partial charge in [0.2, 0.25) is 0 Å². The summed E-state index contributed by atoms with van der Waals surface area (Å²) in [4.78, 5) is 0. The molecule has 0 aliphatic heterocycles. The summed E-state index contributed by atoms with van der Waals surface area (Å²) in [5.74, 6) is 2.00. The summed E-state index contributed by atoms with van der Waals surface area (Å²) in [6.07, 6.45) is 8.52. The monoisotopic (exact) mass is 209 g/mol. The van der Waals surface area contributed by atoms with Crippen molar-refractivity contribution in [1.82, 2.24) is 5.32 Å². The van der Waals surface area contributed by atoms with E-state index in [1.165, 1.54) is 45.1 Å². The Hall–Kier alpha value is -0.0400. The van der Waals surface area contributed by atoms with Crippen molar-refractivity contribution in [2.75, 3.05) is 6.54 Å². The highest BCUT2D eigenvalue weighted by Gasteiger charge is 2.33. The first-order chi connectivity index (χ1) is 7.07. The Morgan fingerprint density at radius 1 is 1.20 bits per heavy atom. The van der Waals surface area contributed by atoms with Gasteiger partial charge in [0.1, 0.15) is 0 Å². The van der Waals surface area contributed by atoms with Gasteiger partial charge in [-0.1, -0.05) is 27.2 Å². The number of hydrogen-bond donors (Lipinski definition) is 1. The predicted molar refractivity (Wildman–Crippen MR) is 65.9 cm³/mol. The normalized spacial score (nSPS) is 39.8. The van der Waals surface area contributed by atoms with Crippen molar-refractivity contribution in [2.24, 2.45) is 17.3 Å². The van der Waals surface area contributed by atoms with Crippen molar-refractivity contribution in [2.45, 2.75) is 65.3 Å². The van der Waals surface area contributed by atoms with E-state index in [1.807, 2.05) is 0 Å². The quantitative estimate of drug-likeness (QED) is 0.700. The first kappa shape index (κ1) is 11.4. The second kappa shape index (κ2) is 4.45. The van der Waals surface area contributed by atoms with Crippen molar-refractivity contribution in [3.8, 4) is 0 Å². The maximum Gasteiger partial charge on any atom is 0.00673 e. The Labute approximate surface area is 95.0 Å². The van der Waals surface area contributed by atoms with E-state index in [2.05, 4.69) is 26.1 Å². The summed E-state index contributed by atoms with van der Waals surface area (Å²) in [5.41, 5.74) is 0.600. The molecule has 1 heteroatoms. The highest BCUT2D eigenvalue weighted by molar-refractivity contribution is 4.86. The molecular formula is C14H27N. The van der Waals surface area contributed by atoms with Crippen molar-refractivity contribution in [1.29, 1.82) is 0 Å². The topological polar surface area (TPSA) is 12.0 Å². The number of rotatable bonds is 3. The van der Waals surface area contributed by atoms with Gasteiger partial charge in [0.05, 0.1) is 0 Å². The maximum atomic E-state index is 3.79. The third-order valence-electron chi connectivity index (χ3n) is 4.52. The molecule has 1 nitrogen and oxygen atoms in total. The summed E-state index contributed by atoms with van der Waals surface area (Å²) in [5, 5.41) is 3.79. The van der Waals surface area contributed by atoms with E-state index >= 15 is 0 Å². The summed E-state index contributed by atoms with van der Waals surface area (Å²) in [7, 11) is 0. The van der Waals surface area contributed by atoms with Gasteiger partial charge in [0.25, 0.3) is 0 Å². The summed E-state index contributed by atoms with van der Waals surface area (Å²) in [6.45, 7) is 8.52. The molecule has 3 unspecified atom stereocenters. The Morgan fingerprint density at radius 3 is 2.60 bits per heavy atom. The number of hydrogen-bond acceptors (Lipinski definition) is 1. The minimum atomic E-state index is 0.600. The second-order valence-electron chi connectivity index (χ2n) is 6.67. The molecule has 0 aromatic heterocycles. The minimum absolute atomic E-state index is 0.600. The van der Waals surface area contributed by atoms with Crippen molar-refractivity contribution in [3.63, 3.8) is 0 Å². The van der Waals surface area contributed by atoms with E-state index in [9.17, 15) is 0 Å². The van der Waals surface area contributed by atoms with Crippen LogP contribution in [0, 0.1) is 17.3 Å². The van der Waals surface area contributed by atoms with E-state index in [4.69, 9.17) is 0 Å². The molecule has 3 atom stereocenters. The summed E-state index contributed by atoms with van der Waals surface area (Å²) >= 11 is 0. The standard InChI is InChI=1S/C14H27N/c1-11-9-12(11)10-15-13-5-4-7-14(2,3)8-6-13/h11-13,15H,4-10H2,1-3H3. The largest absolute Gasteiger partial charge is 0.314 e. The molecular weight excluding hydrogens is 182 g/mol. The molecule has 0 heterocycles. The zero-order valence-electron chi connectivity index (χ0n) is 10.7. The van der Waals surface area contributed by atoms with Gasteiger partial charge in [-0.2, -0.15) is 0 Å². The van der Waals surface area contributed by atoms with Gasteiger partial charge in [0, 0.05) is 6.04 Å². The van der Waals surface area contributed by atoms with Crippen LogP contribution in [0.15, 0.2) is 0 Å². The SMILES string of the molecule is CC1CC1CNC1CCCC(C)(C)CC1.